The standard InChI is InChI=1S/C8H10OS/c1-2-10-8-6-4-3-5-7(8)9/h3-6,9H,2H2,1H3. The molecular weight excluding hydrogens is 144 g/mol. The van der Waals surface area contributed by atoms with Crippen molar-refractivity contribution in [3.05, 3.63) is 24.3 Å². The molecule has 2 heteroatoms. The number of phenolic OH excluding ortho intramolecular Hbond substituents is 1. The van der Waals surface area contributed by atoms with Crippen LogP contribution in [0.2, 0.25) is 0 Å². The van der Waals surface area contributed by atoms with Gasteiger partial charge in [0.2, 0.25) is 0 Å². The lowest BCUT2D eigenvalue weighted by Gasteiger charge is -1.99. The van der Waals surface area contributed by atoms with Crippen molar-refractivity contribution in [2.45, 2.75) is 11.8 Å². The fourth-order valence-corrected chi connectivity index (χ4v) is 1.44. The normalized spacial score (nSPS) is 9.70. The van der Waals surface area contributed by atoms with Crippen molar-refractivity contribution in [3.8, 4) is 5.75 Å². The molecule has 0 saturated heterocycles. The van der Waals surface area contributed by atoms with Gasteiger partial charge in [-0.1, -0.05) is 19.1 Å². The molecule has 0 heterocycles. The van der Waals surface area contributed by atoms with Crippen molar-refractivity contribution in [2.75, 3.05) is 5.75 Å². The molecule has 0 fully saturated rings. The average Bonchev–Trinajstić information content (AvgIpc) is 1.94. The van der Waals surface area contributed by atoms with Crippen molar-refractivity contribution >= 4 is 11.8 Å². The van der Waals surface area contributed by atoms with Crippen molar-refractivity contribution in [1.29, 1.82) is 0 Å². The van der Waals surface area contributed by atoms with Crippen LogP contribution in [0.15, 0.2) is 29.2 Å². The fraction of sp³-hybridized carbons (Fsp3) is 0.250. The highest BCUT2D eigenvalue weighted by molar-refractivity contribution is 7.99. The Morgan fingerprint density at radius 2 is 2.10 bits per heavy atom. The molecule has 1 aromatic rings. The van der Waals surface area contributed by atoms with Gasteiger partial charge in [0.15, 0.2) is 0 Å². The zero-order chi connectivity index (χ0) is 7.40. The van der Waals surface area contributed by atoms with Gasteiger partial charge in [0.05, 0.1) is 0 Å². The Balaban J connectivity index is 2.81. The van der Waals surface area contributed by atoms with Gasteiger partial charge < -0.3 is 5.11 Å². The van der Waals surface area contributed by atoms with Crippen LogP contribution in [0.5, 0.6) is 5.75 Å². The molecule has 0 aliphatic carbocycles. The van der Waals surface area contributed by atoms with E-state index in [1.807, 2.05) is 18.2 Å². The van der Waals surface area contributed by atoms with Gasteiger partial charge in [0, 0.05) is 4.90 Å². The summed E-state index contributed by atoms with van der Waals surface area (Å²) < 4.78 is 0. The van der Waals surface area contributed by atoms with Crippen molar-refractivity contribution in [2.24, 2.45) is 0 Å². The van der Waals surface area contributed by atoms with Gasteiger partial charge in [0.1, 0.15) is 5.75 Å². The van der Waals surface area contributed by atoms with E-state index < -0.39 is 0 Å². The summed E-state index contributed by atoms with van der Waals surface area (Å²) in [5.74, 6) is 1.38. The number of hydrogen-bond donors (Lipinski definition) is 1. The van der Waals surface area contributed by atoms with E-state index in [0.29, 0.717) is 5.75 Å². The predicted octanol–water partition coefficient (Wildman–Crippen LogP) is 2.50. The maximum Gasteiger partial charge on any atom is 0.129 e. The van der Waals surface area contributed by atoms with Gasteiger partial charge in [-0.15, -0.1) is 11.8 Å². The van der Waals surface area contributed by atoms with Crippen molar-refractivity contribution in [3.63, 3.8) is 0 Å². The first kappa shape index (κ1) is 7.48. The summed E-state index contributed by atoms with van der Waals surface area (Å²) >= 11 is 1.65. The molecule has 1 N–H and O–H groups in total. The van der Waals surface area contributed by atoms with Crippen molar-refractivity contribution in [1.82, 2.24) is 0 Å². The van der Waals surface area contributed by atoms with E-state index in [9.17, 15) is 5.11 Å². The molecule has 1 aromatic carbocycles. The third kappa shape index (κ3) is 1.67. The van der Waals surface area contributed by atoms with E-state index in [1.165, 1.54) is 0 Å². The molecule has 1 rings (SSSR count). The van der Waals surface area contributed by atoms with Gasteiger partial charge in [-0.3, -0.25) is 0 Å². The first-order chi connectivity index (χ1) is 4.84. The molecule has 10 heavy (non-hydrogen) atoms. The molecule has 54 valence electrons. The highest BCUT2D eigenvalue weighted by Crippen LogP contribution is 2.26. The quantitative estimate of drug-likeness (QED) is 0.660. The lowest BCUT2D eigenvalue weighted by Crippen LogP contribution is -1.72. The number of rotatable bonds is 2. The number of aromatic hydroxyl groups is 1. The fourth-order valence-electron chi connectivity index (χ4n) is 0.735. The molecule has 0 bridgehead atoms. The van der Waals surface area contributed by atoms with Crippen LogP contribution in [0.1, 0.15) is 6.92 Å². The van der Waals surface area contributed by atoms with Crippen LogP contribution in [-0.2, 0) is 0 Å². The molecule has 0 unspecified atom stereocenters. The zero-order valence-corrected chi connectivity index (χ0v) is 6.69. The second-order valence-electron chi connectivity index (χ2n) is 1.90. The highest BCUT2D eigenvalue weighted by Gasteiger charge is 1.95. The van der Waals surface area contributed by atoms with E-state index in [-0.39, 0.29) is 0 Å². The minimum Gasteiger partial charge on any atom is -0.507 e. The first-order valence-electron chi connectivity index (χ1n) is 3.25. The molecule has 0 atom stereocenters. The smallest absolute Gasteiger partial charge is 0.129 e. The van der Waals surface area contributed by atoms with Crippen LogP contribution in [0.3, 0.4) is 0 Å². The number of phenols is 1. The third-order valence-electron chi connectivity index (χ3n) is 1.17. The Kier molecular flexibility index (Phi) is 2.63. The van der Waals surface area contributed by atoms with Crippen LogP contribution in [-0.4, -0.2) is 10.9 Å². The highest BCUT2D eigenvalue weighted by atomic mass is 32.2. The van der Waals surface area contributed by atoms with E-state index in [1.54, 1.807) is 17.8 Å². The Morgan fingerprint density at radius 1 is 1.40 bits per heavy atom. The summed E-state index contributed by atoms with van der Waals surface area (Å²) in [7, 11) is 0. The predicted molar refractivity (Wildman–Crippen MR) is 44.5 cm³/mol. The van der Waals surface area contributed by atoms with E-state index in [2.05, 4.69) is 6.92 Å². The van der Waals surface area contributed by atoms with E-state index >= 15 is 0 Å². The van der Waals surface area contributed by atoms with Crippen LogP contribution in [0.25, 0.3) is 0 Å². The molecule has 0 aliphatic heterocycles. The number of hydrogen-bond acceptors (Lipinski definition) is 2. The molecule has 0 spiro atoms. The molecule has 0 aliphatic rings. The lowest BCUT2D eigenvalue weighted by molar-refractivity contribution is 0.462. The topological polar surface area (TPSA) is 20.2 Å². The first-order valence-corrected chi connectivity index (χ1v) is 4.24. The SMILES string of the molecule is CCSc1ccccc1O. The minimum absolute atomic E-state index is 0.384. The Hall–Kier alpha value is -0.630. The lowest BCUT2D eigenvalue weighted by atomic mass is 10.3. The summed E-state index contributed by atoms with van der Waals surface area (Å²) in [6, 6.07) is 7.38. The molecule has 1 nitrogen and oxygen atoms in total. The summed E-state index contributed by atoms with van der Waals surface area (Å²) in [6.07, 6.45) is 0. The van der Waals surface area contributed by atoms with Crippen LogP contribution >= 0.6 is 11.8 Å². The summed E-state index contributed by atoms with van der Waals surface area (Å²) in [5, 5.41) is 9.22. The second kappa shape index (κ2) is 3.52. The number of thioether (sulfide) groups is 1. The molecule has 0 aromatic heterocycles. The van der Waals surface area contributed by atoms with Gasteiger partial charge in [-0.25, -0.2) is 0 Å². The third-order valence-corrected chi connectivity index (χ3v) is 2.11. The zero-order valence-electron chi connectivity index (χ0n) is 5.87. The maximum atomic E-state index is 9.22. The van der Waals surface area contributed by atoms with Crippen LogP contribution in [0.4, 0.5) is 0 Å². The van der Waals surface area contributed by atoms with E-state index in [0.717, 1.165) is 10.6 Å². The van der Waals surface area contributed by atoms with Gasteiger partial charge >= 0.3 is 0 Å². The number of para-hydroxylation sites is 1. The number of benzene rings is 1. The monoisotopic (exact) mass is 154 g/mol. The van der Waals surface area contributed by atoms with Crippen LogP contribution in [0, 0.1) is 0 Å². The Bertz CT molecular complexity index is 210. The van der Waals surface area contributed by atoms with Gasteiger partial charge in [-0.05, 0) is 17.9 Å². The Labute approximate surface area is 65.1 Å². The van der Waals surface area contributed by atoms with Crippen molar-refractivity contribution < 1.29 is 5.11 Å². The van der Waals surface area contributed by atoms with Crippen LogP contribution < -0.4 is 0 Å². The molecular formula is C8H10OS. The second-order valence-corrected chi connectivity index (χ2v) is 3.21. The largest absolute Gasteiger partial charge is 0.507 e. The Morgan fingerprint density at radius 3 is 2.70 bits per heavy atom. The molecule has 0 saturated carbocycles. The summed E-state index contributed by atoms with van der Waals surface area (Å²) in [5.41, 5.74) is 0. The van der Waals surface area contributed by atoms with E-state index in [4.69, 9.17) is 0 Å². The minimum atomic E-state index is 0.384. The molecule has 0 amide bonds. The maximum absolute atomic E-state index is 9.22. The summed E-state index contributed by atoms with van der Waals surface area (Å²) in [4.78, 5) is 0.963. The average molecular weight is 154 g/mol. The van der Waals surface area contributed by atoms with Gasteiger partial charge in [0.25, 0.3) is 0 Å². The molecule has 0 radical (unpaired) electrons. The summed E-state index contributed by atoms with van der Waals surface area (Å²) in [6.45, 7) is 2.07. The van der Waals surface area contributed by atoms with Gasteiger partial charge in [-0.2, -0.15) is 0 Å².